The van der Waals surface area contributed by atoms with E-state index < -0.39 is 24.8 Å². The van der Waals surface area contributed by atoms with E-state index in [1.807, 2.05) is 4.91 Å². The van der Waals surface area contributed by atoms with Gasteiger partial charge in [0.2, 0.25) is 0 Å². The van der Waals surface area contributed by atoms with E-state index in [1.54, 1.807) is 0 Å². The molecule has 0 aromatic heterocycles. The lowest BCUT2D eigenvalue weighted by Crippen LogP contribution is -2.38. The van der Waals surface area contributed by atoms with Crippen molar-refractivity contribution >= 4 is 0 Å². The average molecular weight is 207 g/mol. The van der Waals surface area contributed by atoms with Crippen molar-refractivity contribution in [2.75, 3.05) is 6.54 Å². The van der Waals surface area contributed by atoms with Gasteiger partial charge in [-0.25, -0.2) is 0 Å². The highest BCUT2D eigenvalue weighted by atomic mass is 19.4. The van der Waals surface area contributed by atoms with Gasteiger partial charge in [0.15, 0.2) is 5.92 Å². The van der Waals surface area contributed by atoms with E-state index in [4.69, 9.17) is 5.53 Å². The predicted molar refractivity (Wildman–Crippen MR) is 29.6 cm³/mol. The third kappa shape index (κ3) is 3.88. The van der Waals surface area contributed by atoms with Crippen molar-refractivity contribution in [2.24, 2.45) is 11.0 Å². The highest BCUT2D eigenvalue weighted by Crippen LogP contribution is 2.39. The Labute approximate surface area is 68.0 Å². The van der Waals surface area contributed by atoms with Gasteiger partial charge in [-0.05, 0) is 5.53 Å². The topological polar surface area (TPSA) is 48.8 Å². The number of halogens is 6. The van der Waals surface area contributed by atoms with Crippen LogP contribution in [-0.4, -0.2) is 18.9 Å². The van der Waals surface area contributed by atoms with Crippen LogP contribution >= 0.6 is 0 Å². The van der Waals surface area contributed by atoms with Crippen molar-refractivity contribution < 1.29 is 26.3 Å². The summed E-state index contributed by atoms with van der Waals surface area (Å²) in [6.07, 6.45) is -10.9. The van der Waals surface area contributed by atoms with Gasteiger partial charge in [0.25, 0.3) is 0 Å². The minimum Gasteiger partial charge on any atom is -0.170 e. The van der Waals surface area contributed by atoms with Gasteiger partial charge in [-0.2, -0.15) is 26.3 Å². The zero-order valence-corrected chi connectivity index (χ0v) is 5.89. The highest BCUT2D eigenvalue weighted by molar-refractivity contribution is 4.77. The monoisotopic (exact) mass is 207 g/mol. The zero-order valence-electron chi connectivity index (χ0n) is 5.89. The Bertz CT molecular complexity index is 197. The molecule has 0 amide bonds. The summed E-state index contributed by atoms with van der Waals surface area (Å²) in [5.74, 6) is -3.59. The minimum absolute atomic E-state index is 1.66. The van der Waals surface area contributed by atoms with E-state index in [0.29, 0.717) is 0 Å². The van der Waals surface area contributed by atoms with E-state index in [-0.39, 0.29) is 0 Å². The van der Waals surface area contributed by atoms with Crippen LogP contribution in [0.4, 0.5) is 26.3 Å². The molecule has 0 radical (unpaired) electrons. The van der Waals surface area contributed by atoms with E-state index in [0.717, 1.165) is 0 Å². The molecular weight excluding hydrogens is 204 g/mol. The Balaban J connectivity index is 4.66. The lowest BCUT2D eigenvalue weighted by atomic mass is 10.1. The van der Waals surface area contributed by atoms with Crippen molar-refractivity contribution in [3.63, 3.8) is 0 Å². The van der Waals surface area contributed by atoms with Gasteiger partial charge in [-0.15, -0.1) is 0 Å². The maximum absolute atomic E-state index is 11.6. The van der Waals surface area contributed by atoms with Gasteiger partial charge in [-0.1, -0.05) is 5.11 Å². The molecule has 0 unspecified atom stereocenters. The van der Waals surface area contributed by atoms with Gasteiger partial charge in [0.05, 0.1) is 0 Å². The summed E-state index contributed by atoms with van der Waals surface area (Å²) in [5.41, 5.74) is 7.57. The van der Waals surface area contributed by atoms with Crippen LogP contribution in [0.15, 0.2) is 5.11 Å². The Hall–Kier alpha value is -1.11. The Kier molecular flexibility index (Phi) is 3.42. The van der Waals surface area contributed by atoms with E-state index in [1.165, 1.54) is 0 Å². The standard InChI is InChI=1S/C4H3F6N3/c5-3(6,7)2(1-12-13-11)4(8,9)10/h2H,1H2. The van der Waals surface area contributed by atoms with Crippen LogP contribution in [0.1, 0.15) is 0 Å². The molecule has 76 valence electrons. The molecule has 0 atom stereocenters. The summed E-state index contributed by atoms with van der Waals surface area (Å²) in [4.78, 5) is 1.83. The molecule has 9 heteroatoms. The Morgan fingerprint density at radius 3 is 1.69 bits per heavy atom. The molecule has 0 rings (SSSR count). The van der Waals surface area contributed by atoms with Crippen molar-refractivity contribution in [3.8, 4) is 0 Å². The predicted octanol–water partition coefficient (Wildman–Crippen LogP) is 3.04. The van der Waals surface area contributed by atoms with Crippen LogP contribution in [0.2, 0.25) is 0 Å². The van der Waals surface area contributed by atoms with Crippen molar-refractivity contribution in [3.05, 3.63) is 10.4 Å². The summed E-state index contributed by atoms with van der Waals surface area (Å²) in [6, 6.07) is 0. The third-order valence-electron chi connectivity index (χ3n) is 1.12. The van der Waals surface area contributed by atoms with Gasteiger partial charge < -0.3 is 0 Å². The number of rotatable bonds is 2. The molecule has 0 saturated carbocycles. The molecule has 0 aliphatic rings. The first-order chi connectivity index (χ1) is 5.69. The van der Waals surface area contributed by atoms with Crippen LogP contribution in [0.25, 0.3) is 10.4 Å². The summed E-state index contributed by atoms with van der Waals surface area (Å²) < 4.78 is 69.8. The SMILES string of the molecule is [N-]=[N+]=NCC(C(F)(F)F)C(F)(F)F. The summed E-state index contributed by atoms with van der Waals surface area (Å²) >= 11 is 0. The second kappa shape index (κ2) is 3.73. The summed E-state index contributed by atoms with van der Waals surface area (Å²) in [6.45, 7) is -1.66. The van der Waals surface area contributed by atoms with Crippen LogP contribution in [0.3, 0.4) is 0 Å². The fraction of sp³-hybridized carbons (Fsp3) is 1.00. The smallest absolute Gasteiger partial charge is 0.170 e. The van der Waals surface area contributed by atoms with Gasteiger partial charge in [-0.3, -0.25) is 0 Å². The van der Waals surface area contributed by atoms with E-state index in [9.17, 15) is 26.3 Å². The number of hydrogen-bond donors (Lipinski definition) is 0. The van der Waals surface area contributed by atoms with E-state index in [2.05, 4.69) is 5.11 Å². The van der Waals surface area contributed by atoms with Gasteiger partial charge >= 0.3 is 12.4 Å². The highest BCUT2D eigenvalue weighted by Gasteiger charge is 2.55. The molecule has 3 nitrogen and oxygen atoms in total. The molecule has 0 heterocycles. The molecule has 0 saturated heterocycles. The maximum atomic E-state index is 11.6. The maximum Gasteiger partial charge on any atom is 0.400 e. The number of azide groups is 1. The van der Waals surface area contributed by atoms with Crippen LogP contribution < -0.4 is 0 Å². The van der Waals surface area contributed by atoms with Crippen LogP contribution in [0.5, 0.6) is 0 Å². The van der Waals surface area contributed by atoms with Gasteiger partial charge in [0, 0.05) is 11.5 Å². The molecule has 0 spiro atoms. The molecule has 0 aliphatic carbocycles. The zero-order chi connectivity index (χ0) is 10.7. The fourth-order valence-electron chi connectivity index (χ4n) is 0.511. The second-order valence-corrected chi connectivity index (χ2v) is 2.05. The first-order valence-electron chi connectivity index (χ1n) is 2.84. The fourth-order valence-corrected chi connectivity index (χ4v) is 0.511. The molecule has 13 heavy (non-hydrogen) atoms. The Morgan fingerprint density at radius 2 is 1.46 bits per heavy atom. The molecule has 0 aliphatic heterocycles. The first kappa shape index (κ1) is 11.9. The Morgan fingerprint density at radius 1 is 1.08 bits per heavy atom. The lowest BCUT2D eigenvalue weighted by molar-refractivity contribution is -0.280. The summed E-state index contributed by atoms with van der Waals surface area (Å²) in [5, 5.41) is 2.25. The molecule has 0 fully saturated rings. The first-order valence-corrected chi connectivity index (χ1v) is 2.84. The van der Waals surface area contributed by atoms with Crippen LogP contribution in [-0.2, 0) is 0 Å². The van der Waals surface area contributed by atoms with Gasteiger partial charge in [0.1, 0.15) is 0 Å². The van der Waals surface area contributed by atoms with Crippen molar-refractivity contribution in [1.82, 2.24) is 0 Å². The molecule has 0 aromatic carbocycles. The normalized spacial score (nSPS) is 12.8. The molecule has 0 aromatic rings. The lowest BCUT2D eigenvalue weighted by Gasteiger charge is -2.20. The number of nitrogens with zero attached hydrogens (tertiary/aromatic N) is 3. The second-order valence-electron chi connectivity index (χ2n) is 2.05. The van der Waals surface area contributed by atoms with Crippen molar-refractivity contribution in [2.45, 2.75) is 12.4 Å². The molecule has 0 bridgehead atoms. The summed E-state index contributed by atoms with van der Waals surface area (Å²) in [7, 11) is 0. The largest absolute Gasteiger partial charge is 0.400 e. The third-order valence-corrected chi connectivity index (χ3v) is 1.12. The van der Waals surface area contributed by atoms with Crippen molar-refractivity contribution in [1.29, 1.82) is 0 Å². The quantitative estimate of drug-likeness (QED) is 0.289. The van der Waals surface area contributed by atoms with E-state index >= 15 is 0 Å². The number of alkyl halides is 6. The molecule has 0 N–H and O–H groups in total. The number of hydrogen-bond acceptors (Lipinski definition) is 1. The van der Waals surface area contributed by atoms with Crippen LogP contribution in [0, 0.1) is 5.92 Å². The molecular formula is C4H3F6N3. The minimum atomic E-state index is -5.44. The average Bonchev–Trinajstić information content (AvgIpc) is 1.81.